The molecule has 1 aromatic heterocycles. The predicted octanol–water partition coefficient (Wildman–Crippen LogP) is 3.91. The molecule has 0 aliphatic carbocycles. The van der Waals surface area contributed by atoms with Crippen molar-refractivity contribution in [1.82, 2.24) is 9.55 Å². The minimum Gasteiger partial charge on any atom is -0.296 e. The molecule has 1 unspecified atom stereocenters. The van der Waals surface area contributed by atoms with Gasteiger partial charge in [0.1, 0.15) is 11.6 Å². The molecular weight excluding hydrogens is 327 g/mol. The van der Waals surface area contributed by atoms with Gasteiger partial charge in [-0.15, -0.1) is 0 Å². The first-order valence-electron chi connectivity index (χ1n) is 8.91. The summed E-state index contributed by atoms with van der Waals surface area (Å²) in [6.45, 7) is 2.95. The maximum atomic E-state index is 13.3. The molecule has 2 aromatic carbocycles. The van der Waals surface area contributed by atoms with Crippen LogP contribution in [0, 0.1) is 23.6 Å². The van der Waals surface area contributed by atoms with Crippen LogP contribution in [0.1, 0.15) is 36.7 Å². The smallest absolute Gasteiger partial charge is 0.261 e. The lowest BCUT2D eigenvalue weighted by Crippen LogP contribution is -2.24. The van der Waals surface area contributed by atoms with E-state index in [9.17, 15) is 9.18 Å². The zero-order chi connectivity index (χ0) is 18.1. The third kappa shape index (κ3) is 3.25. The van der Waals surface area contributed by atoms with Crippen LogP contribution in [0.3, 0.4) is 0 Å². The number of benzene rings is 2. The van der Waals surface area contributed by atoms with Gasteiger partial charge in [0.2, 0.25) is 0 Å². The van der Waals surface area contributed by atoms with Gasteiger partial charge in [0.15, 0.2) is 0 Å². The van der Waals surface area contributed by atoms with Crippen molar-refractivity contribution in [3.8, 4) is 11.8 Å². The monoisotopic (exact) mass is 346 g/mol. The Morgan fingerprint density at radius 3 is 2.73 bits per heavy atom. The Kier molecular flexibility index (Phi) is 4.30. The Balaban J connectivity index is 1.75. The van der Waals surface area contributed by atoms with Crippen LogP contribution in [-0.2, 0) is 13.0 Å². The van der Waals surface area contributed by atoms with Crippen LogP contribution in [-0.4, -0.2) is 9.55 Å². The number of aryl methyl sites for hydroxylation is 1. The number of hydrogen-bond acceptors (Lipinski definition) is 2. The fourth-order valence-corrected chi connectivity index (χ4v) is 3.35. The molecule has 0 radical (unpaired) electrons. The zero-order valence-electron chi connectivity index (χ0n) is 14.6. The molecule has 0 N–H and O–H groups in total. The fraction of sp³-hybridized carbons (Fsp3) is 0.273. The quantitative estimate of drug-likeness (QED) is 0.579. The minimum absolute atomic E-state index is 0.0312. The van der Waals surface area contributed by atoms with E-state index >= 15 is 0 Å². The summed E-state index contributed by atoms with van der Waals surface area (Å²) in [5.41, 5.74) is 2.10. The van der Waals surface area contributed by atoms with Gasteiger partial charge in [-0.2, -0.15) is 0 Å². The maximum Gasteiger partial charge on any atom is 0.261 e. The standard InChI is InChI=1S/C22H19FN2O/c1-15-5-10-21-24-20-14-17(7-6-16-3-2-4-18(23)13-16)8-9-19(20)22(26)25(21)12-11-15/h2-4,8-9,13-15H,5,10-12H2,1H3. The number of hydrogen-bond donors (Lipinski definition) is 0. The molecule has 0 saturated carbocycles. The number of fused-ring (bicyclic) bond motifs is 2. The van der Waals surface area contributed by atoms with E-state index < -0.39 is 0 Å². The molecule has 4 rings (SSSR count). The second-order valence-corrected chi connectivity index (χ2v) is 6.91. The fourth-order valence-electron chi connectivity index (χ4n) is 3.35. The molecule has 2 heterocycles. The van der Waals surface area contributed by atoms with Crippen molar-refractivity contribution >= 4 is 10.9 Å². The van der Waals surface area contributed by atoms with E-state index in [0.717, 1.165) is 37.2 Å². The third-order valence-electron chi connectivity index (χ3n) is 4.92. The molecule has 0 spiro atoms. The van der Waals surface area contributed by atoms with E-state index in [1.165, 1.54) is 12.1 Å². The molecular formula is C22H19FN2O. The molecule has 1 aliphatic heterocycles. The topological polar surface area (TPSA) is 34.9 Å². The van der Waals surface area contributed by atoms with Crippen molar-refractivity contribution in [3.63, 3.8) is 0 Å². The molecule has 1 aliphatic rings. The highest BCUT2D eigenvalue weighted by Crippen LogP contribution is 2.19. The van der Waals surface area contributed by atoms with Gasteiger partial charge in [0.05, 0.1) is 10.9 Å². The Hall–Kier alpha value is -2.93. The Morgan fingerprint density at radius 2 is 1.92 bits per heavy atom. The summed E-state index contributed by atoms with van der Waals surface area (Å²) in [7, 11) is 0. The van der Waals surface area contributed by atoms with Gasteiger partial charge in [-0.25, -0.2) is 9.37 Å². The first-order valence-corrected chi connectivity index (χ1v) is 8.91. The van der Waals surface area contributed by atoms with Gasteiger partial charge in [0.25, 0.3) is 5.56 Å². The summed E-state index contributed by atoms with van der Waals surface area (Å²) < 4.78 is 15.1. The lowest BCUT2D eigenvalue weighted by molar-refractivity contribution is 0.484. The lowest BCUT2D eigenvalue weighted by atomic mass is 10.0. The van der Waals surface area contributed by atoms with Gasteiger partial charge in [0, 0.05) is 24.1 Å². The molecule has 0 fully saturated rings. The average Bonchev–Trinajstić information content (AvgIpc) is 2.82. The first kappa shape index (κ1) is 16.5. The van der Waals surface area contributed by atoms with Gasteiger partial charge in [-0.05, 0) is 55.2 Å². The largest absolute Gasteiger partial charge is 0.296 e. The van der Waals surface area contributed by atoms with E-state index in [0.29, 0.717) is 22.4 Å². The molecule has 130 valence electrons. The van der Waals surface area contributed by atoms with E-state index in [2.05, 4.69) is 18.8 Å². The van der Waals surface area contributed by atoms with Crippen molar-refractivity contribution in [2.75, 3.05) is 0 Å². The van der Waals surface area contributed by atoms with Gasteiger partial charge >= 0.3 is 0 Å². The third-order valence-corrected chi connectivity index (χ3v) is 4.92. The number of aromatic nitrogens is 2. The van der Waals surface area contributed by atoms with Crippen LogP contribution >= 0.6 is 0 Å². The molecule has 3 aromatic rings. The van der Waals surface area contributed by atoms with Gasteiger partial charge < -0.3 is 0 Å². The van der Waals surface area contributed by atoms with Crippen molar-refractivity contribution in [1.29, 1.82) is 0 Å². The first-order chi connectivity index (χ1) is 12.6. The number of rotatable bonds is 0. The Labute approximate surface area is 151 Å². The summed E-state index contributed by atoms with van der Waals surface area (Å²) >= 11 is 0. The summed E-state index contributed by atoms with van der Waals surface area (Å²) in [5.74, 6) is 7.15. The van der Waals surface area contributed by atoms with Gasteiger partial charge in [-0.3, -0.25) is 9.36 Å². The Morgan fingerprint density at radius 1 is 1.12 bits per heavy atom. The van der Waals surface area contributed by atoms with Crippen LogP contribution in [0.2, 0.25) is 0 Å². The second kappa shape index (κ2) is 6.76. The molecule has 4 heteroatoms. The highest BCUT2D eigenvalue weighted by Gasteiger charge is 2.16. The molecule has 1 atom stereocenters. The van der Waals surface area contributed by atoms with E-state index in [-0.39, 0.29) is 11.4 Å². The Bertz CT molecular complexity index is 1100. The highest BCUT2D eigenvalue weighted by atomic mass is 19.1. The highest BCUT2D eigenvalue weighted by molar-refractivity contribution is 5.79. The van der Waals surface area contributed by atoms with Crippen LogP contribution in [0.25, 0.3) is 10.9 Å². The van der Waals surface area contributed by atoms with Crippen molar-refractivity contribution in [2.24, 2.45) is 5.92 Å². The van der Waals surface area contributed by atoms with E-state index in [4.69, 9.17) is 4.98 Å². The molecule has 26 heavy (non-hydrogen) atoms. The van der Waals surface area contributed by atoms with Crippen LogP contribution in [0.15, 0.2) is 47.3 Å². The SMILES string of the molecule is CC1CCc2nc3cc(C#Cc4cccc(F)c4)ccc3c(=O)n2CC1. The summed E-state index contributed by atoms with van der Waals surface area (Å²) in [5, 5.41) is 0.625. The van der Waals surface area contributed by atoms with Crippen LogP contribution in [0.5, 0.6) is 0 Å². The zero-order valence-corrected chi connectivity index (χ0v) is 14.6. The maximum absolute atomic E-state index is 13.3. The molecule has 0 amide bonds. The lowest BCUT2D eigenvalue weighted by Gasteiger charge is -2.10. The van der Waals surface area contributed by atoms with Crippen LogP contribution in [0.4, 0.5) is 4.39 Å². The average molecular weight is 346 g/mol. The second-order valence-electron chi connectivity index (χ2n) is 6.91. The summed E-state index contributed by atoms with van der Waals surface area (Å²) in [6, 6.07) is 11.7. The van der Waals surface area contributed by atoms with Crippen LogP contribution < -0.4 is 5.56 Å². The minimum atomic E-state index is -0.304. The summed E-state index contributed by atoms with van der Waals surface area (Å²) in [6.07, 6.45) is 2.89. The van der Waals surface area contributed by atoms with E-state index in [1.54, 1.807) is 18.2 Å². The van der Waals surface area contributed by atoms with Crippen molar-refractivity contribution in [3.05, 3.63) is 75.6 Å². The van der Waals surface area contributed by atoms with Crippen molar-refractivity contribution in [2.45, 2.75) is 32.7 Å². The normalized spacial score (nSPS) is 16.5. The number of halogens is 1. The van der Waals surface area contributed by atoms with Crippen molar-refractivity contribution < 1.29 is 4.39 Å². The summed E-state index contributed by atoms with van der Waals surface area (Å²) in [4.78, 5) is 17.5. The molecule has 0 bridgehead atoms. The predicted molar refractivity (Wildman–Crippen MR) is 100 cm³/mol. The number of nitrogens with zero attached hydrogens (tertiary/aromatic N) is 2. The molecule has 3 nitrogen and oxygen atoms in total. The van der Waals surface area contributed by atoms with E-state index in [1.807, 2.05) is 16.7 Å². The van der Waals surface area contributed by atoms with Gasteiger partial charge in [-0.1, -0.05) is 24.8 Å². The molecule has 0 saturated heterocycles.